The summed E-state index contributed by atoms with van der Waals surface area (Å²) in [7, 11) is 4.03. The van der Waals surface area contributed by atoms with Crippen LogP contribution in [0.15, 0.2) is 18.2 Å². The maximum Gasteiger partial charge on any atom is 0.0595 e. The molecule has 1 unspecified atom stereocenters. The largest absolute Gasteiger partial charge is 0.308 e. The van der Waals surface area contributed by atoms with E-state index in [1.807, 2.05) is 32.3 Å². The van der Waals surface area contributed by atoms with Crippen LogP contribution in [0.25, 0.3) is 0 Å². The highest BCUT2D eigenvalue weighted by molar-refractivity contribution is 6.42. The fourth-order valence-corrected chi connectivity index (χ4v) is 1.89. The first-order valence-electron chi connectivity index (χ1n) is 5.07. The standard InChI is InChI=1S/C11H17Cl2N3/c1-16(2)7-9(15-14)5-8-3-4-10(12)11(13)6-8/h3-4,6,9,15H,5,7,14H2,1-2H3. The van der Waals surface area contributed by atoms with Crippen LogP contribution in [0.5, 0.6) is 0 Å². The lowest BCUT2D eigenvalue weighted by Crippen LogP contribution is -2.43. The Hall–Kier alpha value is -0.320. The van der Waals surface area contributed by atoms with Gasteiger partial charge in [0.05, 0.1) is 10.0 Å². The Morgan fingerprint density at radius 1 is 1.31 bits per heavy atom. The molecule has 3 nitrogen and oxygen atoms in total. The lowest BCUT2D eigenvalue weighted by atomic mass is 10.1. The van der Waals surface area contributed by atoms with Gasteiger partial charge in [-0.1, -0.05) is 29.3 Å². The lowest BCUT2D eigenvalue weighted by Gasteiger charge is -2.20. The molecular formula is C11H17Cl2N3. The third-order valence-corrected chi connectivity index (χ3v) is 3.03. The molecule has 90 valence electrons. The second kappa shape index (κ2) is 6.42. The SMILES string of the molecule is CN(C)CC(Cc1ccc(Cl)c(Cl)c1)NN. The number of likely N-dealkylation sites (N-methyl/N-ethyl adjacent to an activating group) is 1. The van der Waals surface area contributed by atoms with Crippen LogP contribution in [0.1, 0.15) is 5.56 Å². The first kappa shape index (κ1) is 13.7. The van der Waals surface area contributed by atoms with E-state index >= 15 is 0 Å². The van der Waals surface area contributed by atoms with E-state index in [-0.39, 0.29) is 6.04 Å². The highest BCUT2D eigenvalue weighted by Gasteiger charge is 2.09. The van der Waals surface area contributed by atoms with Crippen molar-refractivity contribution in [3.63, 3.8) is 0 Å². The van der Waals surface area contributed by atoms with Crippen LogP contribution in [-0.4, -0.2) is 31.6 Å². The van der Waals surface area contributed by atoms with Gasteiger partial charge in [-0.3, -0.25) is 11.3 Å². The van der Waals surface area contributed by atoms with Gasteiger partial charge >= 0.3 is 0 Å². The van der Waals surface area contributed by atoms with Crippen molar-refractivity contribution >= 4 is 23.2 Å². The van der Waals surface area contributed by atoms with Crippen molar-refractivity contribution in [2.75, 3.05) is 20.6 Å². The van der Waals surface area contributed by atoms with E-state index in [0.29, 0.717) is 10.0 Å². The Labute approximate surface area is 106 Å². The molecule has 0 aliphatic carbocycles. The van der Waals surface area contributed by atoms with E-state index in [4.69, 9.17) is 29.0 Å². The van der Waals surface area contributed by atoms with E-state index in [0.717, 1.165) is 18.5 Å². The Bertz CT molecular complexity index is 342. The van der Waals surface area contributed by atoms with E-state index in [9.17, 15) is 0 Å². The maximum atomic E-state index is 5.95. The number of hydrogen-bond donors (Lipinski definition) is 2. The van der Waals surface area contributed by atoms with Crippen LogP contribution in [-0.2, 0) is 6.42 Å². The summed E-state index contributed by atoms with van der Waals surface area (Å²) in [4.78, 5) is 2.09. The van der Waals surface area contributed by atoms with Crippen LogP contribution in [0.3, 0.4) is 0 Å². The van der Waals surface area contributed by atoms with Gasteiger partial charge in [-0.2, -0.15) is 0 Å². The number of nitrogens with zero attached hydrogens (tertiary/aromatic N) is 1. The number of benzene rings is 1. The first-order valence-corrected chi connectivity index (χ1v) is 5.83. The average molecular weight is 262 g/mol. The van der Waals surface area contributed by atoms with E-state index in [1.54, 1.807) is 0 Å². The van der Waals surface area contributed by atoms with Gasteiger partial charge in [0.1, 0.15) is 0 Å². The number of hydrogen-bond acceptors (Lipinski definition) is 3. The molecule has 0 aromatic heterocycles. The number of halogens is 2. The van der Waals surface area contributed by atoms with Crippen molar-refractivity contribution in [1.82, 2.24) is 10.3 Å². The van der Waals surface area contributed by atoms with Crippen molar-refractivity contribution < 1.29 is 0 Å². The number of nitrogens with one attached hydrogen (secondary N) is 1. The molecule has 1 aromatic rings. The fraction of sp³-hybridized carbons (Fsp3) is 0.455. The summed E-state index contributed by atoms with van der Waals surface area (Å²) in [5.74, 6) is 5.50. The molecule has 1 aromatic carbocycles. The van der Waals surface area contributed by atoms with Gasteiger partial charge < -0.3 is 4.90 Å². The first-order chi connectivity index (χ1) is 7.52. The molecule has 1 atom stereocenters. The van der Waals surface area contributed by atoms with Gasteiger partial charge in [0.2, 0.25) is 0 Å². The van der Waals surface area contributed by atoms with Crippen molar-refractivity contribution in [2.24, 2.45) is 5.84 Å². The minimum atomic E-state index is 0.201. The Morgan fingerprint density at radius 3 is 2.50 bits per heavy atom. The third kappa shape index (κ3) is 4.28. The lowest BCUT2D eigenvalue weighted by molar-refractivity contribution is 0.338. The van der Waals surface area contributed by atoms with Crippen molar-refractivity contribution in [3.05, 3.63) is 33.8 Å². The van der Waals surface area contributed by atoms with Gasteiger partial charge in [0.15, 0.2) is 0 Å². The Balaban J connectivity index is 2.66. The molecule has 16 heavy (non-hydrogen) atoms. The molecule has 0 saturated heterocycles. The number of nitrogens with two attached hydrogens (primary N) is 1. The summed E-state index contributed by atoms with van der Waals surface area (Å²) in [6.45, 7) is 0.872. The molecule has 0 fully saturated rings. The monoisotopic (exact) mass is 261 g/mol. The second-order valence-corrected chi connectivity index (χ2v) is 4.89. The minimum Gasteiger partial charge on any atom is -0.308 e. The molecule has 0 saturated carbocycles. The van der Waals surface area contributed by atoms with Crippen LogP contribution in [0, 0.1) is 0 Å². The van der Waals surface area contributed by atoms with Crippen LogP contribution in [0.2, 0.25) is 10.0 Å². The summed E-state index contributed by atoms with van der Waals surface area (Å²) in [6, 6.07) is 5.85. The highest BCUT2D eigenvalue weighted by Crippen LogP contribution is 2.23. The van der Waals surface area contributed by atoms with Gasteiger partial charge in [-0.25, -0.2) is 0 Å². The molecule has 5 heteroatoms. The fourth-order valence-electron chi connectivity index (χ4n) is 1.57. The second-order valence-electron chi connectivity index (χ2n) is 4.08. The van der Waals surface area contributed by atoms with E-state index in [1.165, 1.54) is 0 Å². The zero-order valence-corrected chi connectivity index (χ0v) is 11.0. The van der Waals surface area contributed by atoms with Gasteiger partial charge in [-0.15, -0.1) is 0 Å². The third-order valence-electron chi connectivity index (χ3n) is 2.29. The van der Waals surface area contributed by atoms with Gasteiger partial charge in [-0.05, 0) is 38.2 Å². The summed E-state index contributed by atoms with van der Waals surface area (Å²) in [5, 5.41) is 1.16. The van der Waals surface area contributed by atoms with Gasteiger partial charge in [0.25, 0.3) is 0 Å². The normalized spacial score (nSPS) is 13.1. The highest BCUT2D eigenvalue weighted by atomic mass is 35.5. The molecule has 0 spiro atoms. The zero-order chi connectivity index (χ0) is 12.1. The molecule has 0 aliphatic rings. The Morgan fingerprint density at radius 2 is 2.00 bits per heavy atom. The van der Waals surface area contributed by atoms with Crippen LogP contribution in [0.4, 0.5) is 0 Å². The van der Waals surface area contributed by atoms with Crippen molar-refractivity contribution in [3.8, 4) is 0 Å². The summed E-state index contributed by atoms with van der Waals surface area (Å²) >= 11 is 11.8. The molecule has 0 bridgehead atoms. The van der Waals surface area contributed by atoms with Gasteiger partial charge in [0, 0.05) is 12.6 Å². The molecule has 3 N–H and O–H groups in total. The molecule has 0 aliphatic heterocycles. The average Bonchev–Trinajstić information content (AvgIpc) is 2.22. The van der Waals surface area contributed by atoms with E-state index in [2.05, 4.69) is 10.3 Å². The zero-order valence-electron chi connectivity index (χ0n) is 9.50. The van der Waals surface area contributed by atoms with Crippen LogP contribution >= 0.6 is 23.2 Å². The Kier molecular flexibility index (Phi) is 5.52. The maximum absolute atomic E-state index is 5.95. The summed E-state index contributed by atoms with van der Waals surface area (Å²) in [6.07, 6.45) is 0.825. The smallest absolute Gasteiger partial charge is 0.0595 e. The molecule has 0 radical (unpaired) electrons. The van der Waals surface area contributed by atoms with Crippen molar-refractivity contribution in [1.29, 1.82) is 0 Å². The summed E-state index contributed by atoms with van der Waals surface area (Å²) < 4.78 is 0. The number of hydrazine groups is 1. The number of rotatable bonds is 5. The molecule has 0 heterocycles. The molecule has 0 amide bonds. The molecular weight excluding hydrogens is 245 g/mol. The van der Waals surface area contributed by atoms with Crippen LogP contribution < -0.4 is 11.3 Å². The van der Waals surface area contributed by atoms with E-state index < -0.39 is 0 Å². The quantitative estimate of drug-likeness (QED) is 0.629. The predicted octanol–water partition coefficient (Wildman–Crippen LogP) is 1.93. The summed E-state index contributed by atoms with van der Waals surface area (Å²) in [5.41, 5.74) is 3.92. The molecule has 1 rings (SSSR count). The topological polar surface area (TPSA) is 41.3 Å². The predicted molar refractivity (Wildman–Crippen MR) is 69.8 cm³/mol. The van der Waals surface area contributed by atoms with Crippen molar-refractivity contribution in [2.45, 2.75) is 12.5 Å². The minimum absolute atomic E-state index is 0.201.